The fourth-order valence-corrected chi connectivity index (χ4v) is 2.23. The first-order chi connectivity index (χ1) is 7.55. The van der Waals surface area contributed by atoms with Gasteiger partial charge in [0, 0.05) is 6.20 Å². The monoisotopic (exact) mass is 223 g/mol. The third-order valence-electron chi connectivity index (χ3n) is 3.39. The van der Waals surface area contributed by atoms with Crippen molar-refractivity contribution in [3.8, 4) is 0 Å². The fourth-order valence-electron chi connectivity index (χ4n) is 2.23. The van der Waals surface area contributed by atoms with Gasteiger partial charge in [0.25, 0.3) is 0 Å². The average Bonchev–Trinajstić information content (AvgIpc) is 2.84. The third-order valence-corrected chi connectivity index (χ3v) is 3.39. The molecule has 1 fully saturated rings. The van der Waals surface area contributed by atoms with Gasteiger partial charge in [-0.2, -0.15) is 5.10 Å². The number of aromatic nitrogens is 2. The van der Waals surface area contributed by atoms with E-state index in [2.05, 4.69) is 12.0 Å². The van der Waals surface area contributed by atoms with Gasteiger partial charge >= 0.3 is 5.97 Å². The molecule has 1 aromatic heterocycles. The maximum atomic E-state index is 11.0. The van der Waals surface area contributed by atoms with E-state index in [1.165, 1.54) is 5.56 Å². The summed E-state index contributed by atoms with van der Waals surface area (Å²) in [6.45, 7) is 2.07. The molecule has 2 unspecified atom stereocenters. The molecular weight excluding hydrogens is 206 g/mol. The number of rotatable bonds is 3. The molecule has 0 aliphatic heterocycles. The first-order valence-corrected chi connectivity index (χ1v) is 5.60. The molecule has 5 heteroatoms. The molecule has 16 heavy (non-hydrogen) atoms. The van der Waals surface area contributed by atoms with Crippen molar-refractivity contribution >= 4 is 5.97 Å². The summed E-state index contributed by atoms with van der Waals surface area (Å²) in [5.74, 6) is -0.905. The third kappa shape index (κ3) is 1.82. The molecule has 1 aromatic rings. The van der Waals surface area contributed by atoms with Crippen LogP contribution in [0.1, 0.15) is 37.8 Å². The van der Waals surface area contributed by atoms with E-state index >= 15 is 0 Å². The molecular formula is C11H17N3O2. The van der Waals surface area contributed by atoms with Crippen molar-refractivity contribution in [1.29, 1.82) is 0 Å². The molecule has 0 bridgehead atoms. The van der Waals surface area contributed by atoms with Crippen LogP contribution in [0.4, 0.5) is 0 Å². The second kappa shape index (κ2) is 3.90. The molecule has 1 heterocycles. The highest BCUT2D eigenvalue weighted by atomic mass is 16.4. The minimum atomic E-state index is -1.07. The summed E-state index contributed by atoms with van der Waals surface area (Å²) in [7, 11) is 0. The number of hydrogen-bond acceptors (Lipinski definition) is 3. The Balaban J connectivity index is 2.11. The molecule has 0 radical (unpaired) electrons. The second-order valence-corrected chi connectivity index (χ2v) is 4.54. The Morgan fingerprint density at radius 2 is 2.56 bits per heavy atom. The topological polar surface area (TPSA) is 81.1 Å². The minimum absolute atomic E-state index is 0.126. The zero-order chi connectivity index (χ0) is 11.8. The lowest BCUT2D eigenvalue weighted by atomic mass is 9.99. The van der Waals surface area contributed by atoms with Gasteiger partial charge in [-0.15, -0.1) is 0 Å². The number of aliphatic carboxylic acids is 1. The van der Waals surface area contributed by atoms with Gasteiger partial charge in [0.05, 0.1) is 12.2 Å². The summed E-state index contributed by atoms with van der Waals surface area (Å²) in [4.78, 5) is 11.0. The average molecular weight is 223 g/mol. The zero-order valence-electron chi connectivity index (χ0n) is 9.39. The van der Waals surface area contributed by atoms with E-state index in [9.17, 15) is 4.79 Å². The van der Waals surface area contributed by atoms with Gasteiger partial charge < -0.3 is 10.8 Å². The Bertz CT molecular complexity index is 402. The van der Waals surface area contributed by atoms with Crippen molar-refractivity contribution in [3.63, 3.8) is 0 Å². The maximum Gasteiger partial charge on any atom is 0.323 e. The molecule has 2 rings (SSSR count). The van der Waals surface area contributed by atoms with Crippen LogP contribution >= 0.6 is 0 Å². The lowest BCUT2D eigenvalue weighted by molar-refractivity contribution is -0.143. The van der Waals surface area contributed by atoms with Crippen LogP contribution in [-0.4, -0.2) is 26.4 Å². The van der Waals surface area contributed by atoms with Gasteiger partial charge in [-0.3, -0.25) is 9.48 Å². The molecule has 0 aromatic carbocycles. The van der Waals surface area contributed by atoms with E-state index in [1.54, 1.807) is 0 Å². The van der Waals surface area contributed by atoms with Crippen LogP contribution in [0, 0.1) is 0 Å². The van der Waals surface area contributed by atoms with E-state index in [1.807, 2.05) is 17.1 Å². The molecule has 0 amide bonds. The number of carboxylic acids is 1. The van der Waals surface area contributed by atoms with Gasteiger partial charge in [-0.05, 0) is 31.2 Å². The van der Waals surface area contributed by atoms with Crippen LogP contribution < -0.4 is 5.73 Å². The van der Waals surface area contributed by atoms with Crippen molar-refractivity contribution in [1.82, 2.24) is 9.78 Å². The molecule has 0 spiro atoms. The Labute approximate surface area is 94.2 Å². The second-order valence-electron chi connectivity index (χ2n) is 4.54. The SMILES string of the molecule is CCc1cnn(C2CCC(N)(C(=O)O)C2)c1. The molecule has 0 saturated heterocycles. The summed E-state index contributed by atoms with van der Waals surface area (Å²) in [5.41, 5.74) is 5.93. The zero-order valence-corrected chi connectivity index (χ0v) is 9.39. The highest BCUT2D eigenvalue weighted by Gasteiger charge is 2.43. The van der Waals surface area contributed by atoms with Crippen LogP contribution in [0.15, 0.2) is 12.4 Å². The quantitative estimate of drug-likeness (QED) is 0.799. The van der Waals surface area contributed by atoms with Crippen molar-refractivity contribution in [2.24, 2.45) is 5.73 Å². The standard InChI is InChI=1S/C11H17N3O2/c1-2-8-6-13-14(7-8)9-3-4-11(12,5-9)10(15)16/h6-7,9H,2-5,12H2,1H3,(H,15,16). The maximum absolute atomic E-state index is 11.0. The van der Waals surface area contributed by atoms with E-state index < -0.39 is 11.5 Å². The van der Waals surface area contributed by atoms with E-state index in [4.69, 9.17) is 10.8 Å². The van der Waals surface area contributed by atoms with Crippen LogP contribution in [-0.2, 0) is 11.2 Å². The van der Waals surface area contributed by atoms with Crippen molar-refractivity contribution in [3.05, 3.63) is 18.0 Å². The molecule has 2 atom stereocenters. The molecule has 88 valence electrons. The van der Waals surface area contributed by atoms with Gasteiger partial charge in [0.15, 0.2) is 0 Å². The van der Waals surface area contributed by atoms with E-state index in [0.717, 1.165) is 12.8 Å². The summed E-state index contributed by atoms with van der Waals surface area (Å²) in [5, 5.41) is 13.3. The number of carboxylic acid groups (broad SMARTS) is 1. The van der Waals surface area contributed by atoms with Crippen LogP contribution in [0.5, 0.6) is 0 Å². The minimum Gasteiger partial charge on any atom is -0.480 e. The smallest absolute Gasteiger partial charge is 0.323 e. The highest BCUT2D eigenvalue weighted by Crippen LogP contribution is 2.35. The summed E-state index contributed by atoms with van der Waals surface area (Å²) >= 11 is 0. The van der Waals surface area contributed by atoms with Gasteiger partial charge in [0.2, 0.25) is 0 Å². The normalized spacial score (nSPS) is 29.5. The molecule has 3 N–H and O–H groups in total. The number of carbonyl (C=O) groups is 1. The summed E-state index contributed by atoms with van der Waals surface area (Å²) in [6.07, 6.45) is 6.53. The molecule has 5 nitrogen and oxygen atoms in total. The van der Waals surface area contributed by atoms with E-state index in [-0.39, 0.29) is 6.04 Å². The van der Waals surface area contributed by atoms with E-state index in [0.29, 0.717) is 12.8 Å². The summed E-state index contributed by atoms with van der Waals surface area (Å²) in [6, 6.07) is 0.126. The van der Waals surface area contributed by atoms with Crippen LogP contribution in [0.3, 0.4) is 0 Å². The number of nitrogens with zero attached hydrogens (tertiary/aromatic N) is 2. The van der Waals surface area contributed by atoms with Crippen LogP contribution in [0.2, 0.25) is 0 Å². The van der Waals surface area contributed by atoms with Crippen molar-refractivity contribution in [2.45, 2.75) is 44.2 Å². The molecule has 1 saturated carbocycles. The van der Waals surface area contributed by atoms with Crippen molar-refractivity contribution < 1.29 is 9.90 Å². The van der Waals surface area contributed by atoms with Gasteiger partial charge in [-0.25, -0.2) is 0 Å². The number of nitrogens with two attached hydrogens (primary N) is 1. The largest absolute Gasteiger partial charge is 0.480 e. The lowest BCUT2D eigenvalue weighted by Gasteiger charge is -2.18. The Kier molecular flexibility index (Phi) is 2.71. The predicted octanol–water partition coefficient (Wildman–Crippen LogP) is 0.953. The number of aryl methyl sites for hydroxylation is 1. The Morgan fingerprint density at radius 1 is 1.81 bits per heavy atom. The highest BCUT2D eigenvalue weighted by molar-refractivity contribution is 5.78. The Hall–Kier alpha value is -1.36. The van der Waals surface area contributed by atoms with Gasteiger partial charge in [-0.1, -0.05) is 6.92 Å². The summed E-state index contributed by atoms with van der Waals surface area (Å²) < 4.78 is 1.86. The lowest BCUT2D eigenvalue weighted by Crippen LogP contribution is -2.45. The molecule has 1 aliphatic carbocycles. The first kappa shape index (κ1) is 11.1. The molecule has 1 aliphatic rings. The van der Waals surface area contributed by atoms with Crippen LogP contribution in [0.25, 0.3) is 0 Å². The Morgan fingerprint density at radius 3 is 3.06 bits per heavy atom. The first-order valence-electron chi connectivity index (χ1n) is 5.60. The number of hydrogen-bond donors (Lipinski definition) is 2. The van der Waals surface area contributed by atoms with Gasteiger partial charge in [0.1, 0.15) is 5.54 Å². The van der Waals surface area contributed by atoms with Crippen molar-refractivity contribution in [2.75, 3.05) is 0 Å². The predicted molar refractivity (Wildman–Crippen MR) is 59.0 cm³/mol. The fraction of sp³-hybridized carbons (Fsp3) is 0.636.